The average Bonchev–Trinajstić information content (AvgIpc) is 4.12. The highest BCUT2D eigenvalue weighted by molar-refractivity contribution is 7.91. The fourth-order valence-corrected chi connectivity index (χ4v) is 11.0. The lowest BCUT2D eigenvalue weighted by Crippen LogP contribution is -2.57. The number of carbonyl (C=O) groups is 3. The molecule has 63 heavy (non-hydrogen) atoms. The van der Waals surface area contributed by atoms with E-state index in [1.807, 2.05) is 12.3 Å². The lowest BCUT2D eigenvalue weighted by molar-refractivity contribution is -0.140. The molecule has 5 aromatic rings. The minimum absolute atomic E-state index is 0.0465. The van der Waals surface area contributed by atoms with Crippen LogP contribution in [0.25, 0.3) is 33.5 Å². The Labute approximate surface area is 365 Å². The quantitative estimate of drug-likeness (QED) is 0.0951. The van der Waals surface area contributed by atoms with Crippen LogP contribution in [0.4, 0.5) is 18.3 Å². The van der Waals surface area contributed by atoms with Gasteiger partial charge >= 0.3 is 6.18 Å². The zero-order valence-corrected chi connectivity index (χ0v) is 36.0. The van der Waals surface area contributed by atoms with Gasteiger partial charge in [0, 0.05) is 28.7 Å². The Kier molecular flexibility index (Phi) is 11.2. The lowest BCUT2D eigenvalue weighted by atomic mass is 9.84. The molecule has 0 spiro atoms. The molecule has 2 aromatic carbocycles. The number of alkyl halides is 3. The summed E-state index contributed by atoms with van der Waals surface area (Å²) in [5.41, 5.74) is -0.414. The number of rotatable bonds is 14. The molecular formula is C44H46F3N7O7S2. The summed E-state index contributed by atoms with van der Waals surface area (Å²) in [5, 5.41) is 8.55. The van der Waals surface area contributed by atoms with Crippen LogP contribution in [0.2, 0.25) is 0 Å². The predicted molar refractivity (Wildman–Crippen MR) is 229 cm³/mol. The van der Waals surface area contributed by atoms with Gasteiger partial charge in [-0.2, -0.15) is 18.2 Å². The van der Waals surface area contributed by atoms with Crippen molar-refractivity contribution in [2.75, 3.05) is 11.9 Å². The molecule has 19 heteroatoms. The van der Waals surface area contributed by atoms with Crippen molar-refractivity contribution in [3.05, 3.63) is 77.8 Å². The zero-order chi connectivity index (χ0) is 44.3. The number of para-hydroxylation sites is 1. The number of fused-ring (bicyclic) bond motifs is 3. The first-order chi connectivity index (χ1) is 30.1. The smallest absolute Gasteiger partial charge is 0.416 e. The molecule has 0 unspecified atom stereocenters. The van der Waals surface area contributed by atoms with Gasteiger partial charge in [0.05, 0.1) is 23.1 Å². The van der Waals surface area contributed by atoms with Gasteiger partial charge in [0.1, 0.15) is 34.8 Å². The molecule has 3 saturated carbocycles. The summed E-state index contributed by atoms with van der Waals surface area (Å²) < 4.78 is 81.2. The number of benzene rings is 2. The van der Waals surface area contributed by atoms with Crippen LogP contribution in [-0.2, 0) is 30.6 Å². The van der Waals surface area contributed by atoms with Gasteiger partial charge in [-0.3, -0.25) is 19.1 Å². The number of nitrogens with one attached hydrogen (secondary N) is 3. The fourth-order valence-electron chi connectivity index (χ4n) is 8.88. The maximum atomic E-state index is 15.0. The maximum absolute atomic E-state index is 15.0. The number of nitrogens with zero attached hydrogens (tertiary/aromatic N) is 4. The van der Waals surface area contributed by atoms with Crippen molar-refractivity contribution in [1.82, 2.24) is 29.9 Å². The predicted octanol–water partition coefficient (Wildman–Crippen LogP) is 7.30. The zero-order valence-electron chi connectivity index (χ0n) is 34.3. The van der Waals surface area contributed by atoms with Crippen molar-refractivity contribution in [2.24, 2.45) is 11.8 Å². The molecule has 3 aliphatic carbocycles. The van der Waals surface area contributed by atoms with Gasteiger partial charge < -0.3 is 24.7 Å². The first-order valence-electron chi connectivity index (χ1n) is 21.1. The van der Waals surface area contributed by atoms with Crippen LogP contribution in [0, 0.1) is 18.8 Å². The average molecular weight is 906 g/mol. The van der Waals surface area contributed by atoms with E-state index in [0.717, 1.165) is 49.9 Å². The summed E-state index contributed by atoms with van der Waals surface area (Å²) in [6.07, 6.45) is 2.55. The third-order valence-electron chi connectivity index (χ3n) is 12.5. The molecule has 1 saturated heterocycles. The van der Waals surface area contributed by atoms with Crippen LogP contribution >= 0.6 is 11.3 Å². The monoisotopic (exact) mass is 905 g/mol. The van der Waals surface area contributed by atoms with Gasteiger partial charge in [-0.15, -0.1) is 17.9 Å². The maximum Gasteiger partial charge on any atom is 0.416 e. The fraction of sp³-hybridized carbons (Fsp3) is 0.455. The van der Waals surface area contributed by atoms with Crippen molar-refractivity contribution in [3.63, 3.8) is 0 Å². The summed E-state index contributed by atoms with van der Waals surface area (Å²) in [4.78, 5) is 58.7. The van der Waals surface area contributed by atoms with Gasteiger partial charge in [-0.25, -0.2) is 18.4 Å². The number of aryl methyl sites for hydroxylation is 1. The van der Waals surface area contributed by atoms with E-state index in [0.29, 0.717) is 40.9 Å². The molecule has 4 heterocycles. The highest BCUT2D eigenvalue weighted by Crippen LogP contribution is 2.46. The van der Waals surface area contributed by atoms with E-state index in [4.69, 9.17) is 9.15 Å². The van der Waals surface area contributed by atoms with Crippen LogP contribution in [0.1, 0.15) is 75.5 Å². The largest absolute Gasteiger partial charge is 0.470 e. The van der Waals surface area contributed by atoms with E-state index in [2.05, 4.69) is 36.9 Å². The minimum atomic E-state index is -4.55. The number of likely N-dealkylation sites (tertiary alicyclic amines) is 1. The SMILES string of the molecule is C=C[C@@H]1C[C@]1(NC(=O)[C@@H]1C[C@@H](Oc2nc(-c3ccc(C(F)(F)F)cc3)nc3c2oc2ccccc23)CN1C(=O)[C@H](CC1CCCCC1)Nc1nc(C)cs1)C(=O)NS(=O)(=O)C1CC1. The summed E-state index contributed by atoms with van der Waals surface area (Å²) in [6, 6.07) is 9.54. The van der Waals surface area contributed by atoms with Crippen molar-refractivity contribution in [3.8, 4) is 17.3 Å². The van der Waals surface area contributed by atoms with Gasteiger partial charge in [0.2, 0.25) is 27.4 Å². The number of sulfonamides is 1. The highest BCUT2D eigenvalue weighted by Gasteiger charge is 2.62. The molecule has 332 valence electrons. The molecule has 3 amide bonds. The van der Waals surface area contributed by atoms with Crippen LogP contribution in [0.5, 0.6) is 5.88 Å². The Hall–Kier alpha value is -5.56. The second-order valence-electron chi connectivity index (χ2n) is 17.1. The molecule has 4 aliphatic rings. The summed E-state index contributed by atoms with van der Waals surface area (Å²) in [7, 11) is -3.95. The number of carbonyl (C=O) groups excluding carboxylic acids is 3. The minimum Gasteiger partial charge on any atom is -0.470 e. The van der Waals surface area contributed by atoms with Gasteiger partial charge in [-0.05, 0) is 62.8 Å². The Morgan fingerprint density at radius 2 is 1.79 bits per heavy atom. The number of ether oxygens (including phenoxy) is 1. The normalized spacial score (nSPS) is 23.4. The first kappa shape index (κ1) is 42.7. The van der Waals surface area contributed by atoms with Gasteiger partial charge in [0.15, 0.2) is 11.0 Å². The molecular weight excluding hydrogens is 860 g/mol. The van der Waals surface area contributed by atoms with E-state index >= 15 is 4.79 Å². The Bertz CT molecular complexity index is 2700. The number of anilines is 1. The van der Waals surface area contributed by atoms with Crippen molar-refractivity contribution >= 4 is 66.3 Å². The van der Waals surface area contributed by atoms with E-state index in [9.17, 15) is 31.2 Å². The Morgan fingerprint density at radius 1 is 1.05 bits per heavy atom. The van der Waals surface area contributed by atoms with Crippen molar-refractivity contribution in [1.29, 1.82) is 0 Å². The number of hydrogen-bond donors (Lipinski definition) is 3. The second kappa shape index (κ2) is 16.5. The van der Waals surface area contributed by atoms with Crippen LogP contribution in [0.3, 0.4) is 0 Å². The number of amides is 3. The second-order valence-corrected chi connectivity index (χ2v) is 19.9. The Morgan fingerprint density at radius 3 is 2.46 bits per heavy atom. The van der Waals surface area contributed by atoms with E-state index in [1.54, 1.807) is 24.3 Å². The number of aromatic nitrogens is 3. The standard InChI is InChI=1S/C44H46F3N7O7S2/c1-3-27-21-43(27,41(57)53-63(58,59)30-17-18-30)52-38(55)33-20-29(22-54(33)40(56)32(19-25-9-5-4-6-10-25)49-42-48-24(2)23-62-42)60-39-36-35(31-11-7-8-12-34(31)61-36)50-37(51-39)26-13-15-28(16-14-26)44(45,46)47/h3,7-8,11-16,23,25,27,29-30,32-33H,1,4-6,9-10,17-22H2,2H3,(H,48,49)(H,52,55)(H,53,57)/t27-,29-,32+,33+,43-/m1/s1. The molecule has 3 N–H and O–H groups in total. The summed E-state index contributed by atoms with van der Waals surface area (Å²) in [6.45, 7) is 5.56. The van der Waals surface area contributed by atoms with Crippen LogP contribution in [-0.4, -0.2) is 81.5 Å². The molecule has 5 atom stereocenters. The molecule has 0 radical (unpaired) electrons. The van der Waals surface area contributed by atoms with E-state index in [-0.39, 0.29) is 54.1 Å². The van der Waals surface area contributed by atoms with Crippen LogP contribution < -0.4 is 20.1 Å². The van der Waals surface area contributed by atoms with Crippen molar-refractivity contribution < 1.29 is 45.1 Å². The summed E-state index contributed by atoms with van der Waals surface area (Å²) >= 11 is 1.37. The number of hydrogen-bond acceptors (Lipinski definition) is 12. The first-order valence-corrected chi connectivity index (χ1v) is 23.6. The van der Waals surface area contributed by atoms with Crippen molar-refractivity contribution in [2.45, 2.75) is 106 Å². The molecule has 14 nitrogen and oxygen atoms in total. The number of halogens is 3. The van der Waals surface area contributed by atoms with E-state index < -0.39 is 68.5 Å². The summed E-state index contributed by atoms with van der Waals surface area (Å²) in [5.74, 6) is -2.23. The third-order valence-corrected chi connectivity index (χ3v) is 15.3. The molecule has 4 fully saturated rings. The Balaban J connectivity index is 1.06. The molecule has 1 aliphatic heterocycles. The van der Waals surface area contributed by atoms with E-state index in [1.165, 1.54) is 34.4 Å². The molecule has 0 bridgehead atoms. The van der Waals surface area contributed by atoms with Gasteiger partial charge in [0.25, 0.3) is 11.8 Å². The number of furan rings is 1. The van der Waals surface area contributed by atoms with Gasteiger partial charge in [-0.1, -0.05) is 62.4 Å². The lowest BCUT2D eigenvalue weighted by Gasteiger charge is -2.32. The third kappa shape index (κ3) is 8.73. The van der Waals surface area contributed by atoms with Crippen LogP contribution in [0.15, 0.2) is 71.0 Å². The number of thiazole rings is 1. The highest BCUT2D eigenvalue weighted by atomic mass is 32.2. The molecule has 3 aromatic heterocycles. The molecule has 9 rings (SSSR count). The topological polar surface area (TPSA) is 186 Å².